The zero-order chi connectivity index (χ0) is 14.2. The number of rotatable bonds is 6. The van der Waals surface area contributed by atoms with Crippen LogP contribution in [0, 0.1) is 0 Å². The average molecular weight is 265 g/mol. The molecule has 0 atom stereocenters. The molecular weight excluding hydrogens is 242 g/mol. The summed E-state index contributed by atoms with van der Waals surface area (Å²) in [5.74, 6) is 0.603. The first-order chi connectivity index (χ1) is 9.75. The zero-order valence-corrected chi connectivity index (χ0v) is 12.3. The lowest BCUT2D eigenvalue weighted by atomic mass is 10.0. The van der Waals surface area contributed by atoms with Crippen molar-refractivity contribution in [3.63, 3.8) is 0 Å². The second kappa shape index (κ2) is 7.66. The molecule has 104 valence electrons. The standard InChI is InChI=1S/C19H23N/c1-16(2)19-12-10-18(11-13-19)15-20-14-6-9-17-7-4-3-5-8-17/h3-13,16,20H,14-15H2,1-2H3. The smallest absolute Gasteiger partial charge is 0.0208 e. The van der Waals surface area contributed by atoms with E-state index in [1.165, 1.54) is 16.7 Å². The van der Waals surface area contributed by atoms with E-state index in [1.807, 2.05) is 6.07 Å². The largest absolute Gasteiger partial charge is 0.309 e. The van der Waals surface area contributed by atoms with E-state index >= 15 is 0 Å². The molecule has 0 aliphatic carbocycles. The Morgan fingerprint density at radius 1 is 0.950 bits per heavy atom. The van der Waals surface area contributed by atoms with E-state index in [4.69, 9.17) is 0 Å². The summed E-state index contributed by atoms with van der Waals surface area (Å²) < 4.78 is 0. The highest BCUT2D eigenvalue weighted by Gasteiger charge is 1.98. The van der Waals surface area contributed by atoms with Gasteiger partial charge in [0.1, 0.15) is 0 Å². The van der Waals surface area contributed by atoms with Gasteiger partial charge in [-0.15, -0.1) is 0 Å². The van der Waals surface area contributed by atoms with Gasteiger partial charge in [-0.1, -0.05) is 80.6 Å². The van der Waals surface area contributed by atoms with E-state index in [2.05, 4.69) is 79.8 Å². The summed E-state index contributed by atoms with van der Waals surface area (Å²) >= 11 is 0. The Hall–Kier alpha value is -1.86. The predicted octanol–water partition coefficient (Wildman–Crippen LogP) is 4.61. The average Bonchev–Trinajstić information content (AvgIpc) is 2.48. The first kappa shape index (κ1) is 14.5. The van der Waals surface area contributed by atoms with Crippen molar-refractivity contribution in [3.05, 3.63) is 77.4 Å². The van der Waals surface area contributed by atoms with E-state index in [-0.39, 0.29) is 0 Å². The van der Waals surface area contributed by atoms with E-state index < -0.39 is 0 Å². The first-order valence-electron chi connectivity index (χ1n) is 7.27. The van der Waals surface area contributed by atoms with Crippen molar-refractivity contribution in [2.45, 2.75) is 26.3 Å². The fourth-order valence-electron chi connectivity index (χ4n) is 2.08. The molecule has 2 aromatic rings. The lowest BCUT2D eigenvalue weighted by molar-refractivity contribution is 0.759. The van der Waals surface area contributed by atoms with Gasteiger partial charge in [-0.25, -0.2) is 0 Å². The molecule has 2 rings (SSSR count). The van der Waals surface area contributed by atoms with Gasteiger partial charge in [0.15, 0.2) is 0 Å². The van der Waals surface area contributed by atoms with E-state index in [0.717, 1.165) is 13.1 Å². The van der Waals surface area contributed by atoms with Crippen LogP contribution in [0.2, 0.25) is 0 Å². The Morgan fingerprint density at radius 2 is 1.65 bits per heavy atom. The fourth-order valence-corrected chi connectivity index (χ4v) is 2.08. The van der Waals surface area contributed by atoms with Crippen LogP contribution in [-0.2, 0) is 6.54 Å². The minimum absolute atomic E-state index is 0.603. The minimum atomic E-state index is 0.603. The van der Waals surface area contributed by atoms with Crippen LogP contribution in [0.15, 0.2) is 60.7 Å². The summed E-state index contributed by atoms with van der Waals surface area (Å²) in [6, 6.07) is 19.3. The van der Waals surface area contributed by atoms with Crippen molar-refractivity contribution in [2.24, 2.45) is 0 Å². The monoisotopic (exact) mass is 265 g/mol. The number of hydrogen-bond donors (Lipinski definition) is 1. The highest BCUT2D eigenvalue weighted by atomic mass is 14.8. The molecule has 0 heterocycles. The normalized spacial score (nSPS) is 11.3. The molecule has 1 nitrogen and oxygen atoms in total. The maximum atomic E-state index is 3.43. The number of nitrogens with one attached hydrogen (secondary N) is 1. The van der Waals surface area contributed by atoms with Crippen molar-refractivity contribution < 1.29 is 0 Å². The van der Waals surface area contributed by atoms with Crippen LogP contribution in [0.3, 0.4) is 0 Å². The Morgan fingerprint density at radius 3 is 2.30 bits per heavy atom. The van der Waals surface area contributed by atoms with Gasteiger partial charge in [0, 0.05) is 13.1 Å². The van der Waals surface area contributed by atoms with Crippen molar-refractivity contribution in [2.75, 3.05) is 6.54 Å². The second-order valence-corrected chi connectivity index (χ2v) is 5.34. The topological polar surface area (TPSA) is 12.0 Å². The summed E-state index contributed by atoms with van der Waals surface area (Å²) in [5.41, 5.74) is 3.98. The van der Waals surface area contributed by atoms with Crippen LogP contribution in [0.4, 0.5) is 0 Å². The van der Waals surface area contributed by atoms with E-state index in [9.17, 15) is 0 Å². The van der Waals surface area contributed by atoms with Crippen LogP contribution in [0.25, 0.3) is 6.08 Å². The third kappa shape index (κ3) is 4.67. The van der Waals surface area contributed by atoms with Crippen molar-refractivity contribution >= 4 is 6.08 Å². The molecule has 0 aliphatic rings. The quantitative estimate of drug-likeness (QED) is 0.752. The highest BCUT2D eigenvalue weighted by molar-refractivity contribution is 5.48. The minimum Gasteiger partial charge on any atom is -0.309 e. The number of benzene rings is 2. The molecule has 1 N–H and O–H groups in total. The summed E-state index contributed by atoms with van der Waals surface area (Å²) in [4.78, 5) is 0. The molecular formula is C19H23N. The maximum absolute atomic E-state index is 3.43. The fraction of sp³-hybridized carbons (Fsp3) is 0.263. The second-order valence-electron chi connectivity index (χ2n) is 5.34. The molecule has 0 radical (unpaired) electrons. The molecule has 0 aromatic heterocycles. The summed E-state index contributed by atoms with van der Waals surface area (Å²) in [6.45, 7) is 6.25. The summed E-state index contributed by atoms with van der Waals surface area (Å²) in [6.07, 6.45) is 4.31. The molecule has 0 saturated carbocycles. The van der Waals surface area contributed by atoms with Gasteiger partial charge in [-0.05, 0) is 22.6 Å². The molecule has 0 fully saturated rings. The highest BCUT2D eigenvalue weighted by Crippen LogP contribution is 2.14. The predicted molar refractivity (Wildman–Crippen MR) is 87.7 cm³/mol. The summed E-state index contributed by atoms with van der Waals surface area (Å²) in [5, 5.41) is 3.43. The molecule has 0 unspecified atom stereocenters. The van der Waals surface area contributed by atoms with Crippen molar-refractivity contribution in [3.8, 4) is 0 Å². The van der Waals surface area contributed by atoms with Crippen LogP contribution >= 0.6 is 0 Å². The molecule has 20 heavy (non-hydrogen) atoms. The van der Waals surface area contributed by atoms with Gasteiger partial charge in [0.05, 0.1) is 0 Å². The first-order valence-corrected chi connectivity index (χ1v) is 7.27. The van der Waals surface area contributed by atoms with Gasteiger partial charge in [-0.3, -0.25) is 0 Å². The summed E-state index contributed by atoms with van der Waals surface area (Å²) in [7, 11) is 0. The van der Waals surface area contributed by atoms with E-state index in [1.54, 1.807) is 0 Å². The van der Waals surface area contributed by atoms with Gasteiger partial charge in [0.2, 0.25) is 0 Å². The van der Waals surface area contributed by atoms with Crippen LogP contribution in [0.1, 0.15) is 36.5 Å². The number of hydrogen-bond acceptors (Lipinski definition) is 1. The molecule has 2 aromatic carbocycles. The van der Waals surface area contributed by atoms with Crippen molar-refractivity contribution in [1.29, 1.82) is 0 Å². The lowest BCUT2D eigenvalue weighted by Gasteiger charge is -2.07. The van der Waals surface area contributed by atoms with Crippen LogP contribution < -0.4 is 5.32 Å². The third-order valence-electron chi connectivity index (χ3n) is 3.35. The Balaban J connectivity index is 1.74. The van der Waals surface area contributed by atoms with Gasteiger partial charge in [-0.2, -0.15) is 0 Å². The molecule has 0 bridgehead atoms. The SMILES string of the molecule is CC(C)c1ccc(CNCC=Cc2ccccc2)cc1. The van der Waals surface area contributed by atoms with Gasteiger partial charge < -0.3 is 5.32 Å². The third-order valence-corrected chi connectivity index (χ3v) is 3.35. The molecule has 0 aliphatic heterocycles. The Kier molecular flexibility index (Phi) is 5.57. The zero-order valence-electron chi connectivity index (χ0n) is 12.3. The van der Waals surface area contributed by atoms with Gasteiger partial charge >= 0.3 is 0 Å². The molecule has 1 heteroatoms. The van der Waals surface area contributed by atoms with Crippen molar-refractivity contribution in [1.82, 2.24) is 5.32 Å². The molecule has 0 spiro atoms. The lowest BCUT2D eigenvalue weighted by Crippen LogP contribution is -2.12. The Bertz CT molecular complexity index is 523. The van der Waals surface area contributed by atoms with Gasteiger partial charge in [0.25, 0.3) is 0 Å². The molecule has 0 amide bonds. The molecule has 0 saturated heterocycles. The van der Waals surface area contributed by atoms with Crippen LogP contribution in [-0.4, -0.2) is 6.54 Å². The van der Waals surface area contributed by atoms with Crippen LogP contribution in [0.5, 0.6) is 0 Å². The maximum Gasteiger partial charge on any atom is 0.0208 e. The van der Waals surface area contributed by atoms with E-state index in [0.29, 0.717) is 5.92 Å². The Labute approximate surface area is 122 Å².